The molecular weight excluding hydrogens is 406 g/mol. The highest BCUT2D eigenvalue weighted by molar-refractivity contribution is 7.46. The van der Waals surface area contributed by atoms with Gasteiger partial charge in [-0.1, -0.05) is 23.2 Å². The van der Waals surface area contributed by atoms with Gasteiger partial charge in [0.25, 0.3) is 5.91 Å². The van der Waals surface area contributed by atoms with Gasteiger partial charge in [-0.15, -0.1) is 0 Å². The van der Waals surface area contributed by atoms with Crippen molar-refractivity contribution in [2.45, 2.75) is 13.2 Å². The Bertz CT molecular complexity index is 873. The first-order valence-electron chi connectivity index (χ1n) is 6.43. The van der Waals surface area contributed by atoms with Crippen molar-refractivity contribution in [2.75, 3.05) is 5.32 Å². The highest BCUT2D eigenvalue weighted by atomic mass is 35.5. The largest absolute Gasteiger partial charge is 0.471 e. The number of anilines is 1. The Morgan fingerprint density at radius 2 is 2.04 bits per heavy atom. The number of halogens is 4. The summed E-state index contributed by atoms with van der Waals surface area (Å²) in [5, 5.41) is 5.11. The van der Waals surface area contributed by atoms with Gasteiger partial charge >= 0.3 is 7.82 Å². The summed E-state index contributed by atoms with van der Waals surface area (Å²) in [5.41, 5.74) is -0.786. The third-order valence-corrected chi connectivity index (χ3v) is 4.14. The minimum absolute atomic E-state index is 0.340. The number of carbonyl (C=O) groups excluding carboxylic acids is 1. The smallest absolute Gasteiger partial charge is 0.318 e. The maximum Gasteiger partial charge on any atom is 0.471 e. The summed E-state index contributed by atoms with van der Waals surface area (Å²) in [6, 6.07) is 2.46. The van der Waals surface area contributed by atoms with Crippen LogP contribution in [0.2, 0.25) is 10.2 Å². The molecule has 0 saturated heterocycles. The zero-order chi connectivity index (χ0) is 18.9. The van der Waals surface area contributed by atoms with Crippen LogP contribution in [0.15, 0.2) is 18.2 Å². The van der Waals surface area contributed by atoms with Crippen LogP contribution >= 0.6 is 31.0 Å². The molecule has 136 valence electrons. The normalized spacial score (nSPS) is 12.9. The van der Waals surface area contributed by atoms with E-state index >= 15 is 0 Å². The number of benzene rings is 1. The molecule has 0 aliphatic rings. The van der Waals surface area contributed by atoms with Crippen molar-refractivity contribution in [1.29, 1.82) is 0 Å². The Morgan fingerprint density at radius 1 is 1.40 bits per heavy atom. The molecule has 1 heterocycles. The topological polar surface area (TPSA) is 114 Å². The molecule has 0 spiro atoms. The molecule has 0 aliphatic carbocycles. The highest BCUT2D eigenvalue weighted by Gasteiger charge is 2.29. The van der Waals surface area contributed by atoms with Crippen molar-refractivity contribution >= 4 is 42.6 Å². The molecule has 0 radical (unpaired) electrons. The SMILES string of the molecule is CC(OP(=O)(O)O)n1nc(Cl)c(Cl)c1C(=O)Nc1ccc(F)cc1F. The summed E-state index contributed by atoms with van der Waals surface area (Å²) < 4.78 is 42.6. The van der Waals surface area contributed by atoms with Crippen molar-refractivity contribution in [2.24, 2.45) is 0 Å². The minimum Gasteiger partial charge on any atom is -0.318 e. The number of phosphoric acid groups is 1. The average molecular weight is 416 g/mol. The summed E-state index contributed by atoms with van der Waals surface area (Å²) in [7, 11) is -4.90. The summed E-state index contributed by atoms with van der Waals surface area (Å²) in [5.74, 6) is -2.89. The van der Waals surface area contributed by atoms with Crippen LogP contribution in [0, 0.1) is 11.6 Å². The number of phosphoric ester groups is 1. The number of nitrogens with one attached hydrogen (secondary N) is 1. The van der Waals surface area contributed by atoms with Gasteiger partial charge in [0.1, 0.15) is 22.4 Å². The maximum absolute atomic E-state index is 13.6. The van der Waals surface area contributed by atoms with Gasteiger partial charge < -0.3 is 15.1 Å². The van der Waals surface area contributed by atoms with Crippen LogP contribution in [-0.2, 0) is 9.09 Å². The van der Waals surface area contributed by atoms with Gasteiger partial charge in [-0.3, -0.25) is 9.32 Å². The Morgan fingerprint density at radius 3 is 2.60 bits per heavy atom. The summed E-state index contributed by atoms with van der Waals surface area (Å²) in [6.07, 6.45) is -1.43. The quantitative estimate of drug-likeness (QED) is 0.645. The molecule has 1 aromatic heterocycles. The molecule has 1 unspecified atom stereocenters. The predicted molar refractivity (Wildman–Crippen MR) is 84.4 cm³/mol. The van der Waals surface area contributed by atoms with E-state index < -0.39 is 37.3 Å². The third-order valence-electron chi connectivity index (χ3n) is 2.84. The fourth-order valence-corrected chi connectivity index (χ4v) is 2.74. The monoisotopic (exact) mass is 415 g/mol. The number of hydrogen-bond donors (Lipinski definition) is 3. The second-order valence-corrected chi connectivity index (χ2v) is 6.60. The molecular formula is C12H10Cl2F2N3O5P. The van der Waals surface area contributed by atoms with E-state index in [1.165, 1.54) is 6.92 Å². The van der Waals surface area contributed by atoms with Crippen molar-refractivity contribution < 1.29 is 32.5 Å². The molecule has 1 aromatic carbocycles. The minimum atomic E-state index is -4.90. The van der Waals surface area contributed by atoms with Gasteiger partial charge in [0, 0.05) is 6.07 Å². The lowest BCUT2D eigenvalue weighted by Gasteiger charge is -2.16. The van der Waals surface area contributed by atoms with E-state index in [0.29, 0.717) is 6.07 Å². The summed E-state index contributed by atoms with van der Waals surface area (Å²) in [6.45, 7) is 1.17. The standard InChI is InChI=1S/C12H10Cl2F2N3O5P/c1-5(24-25(21,22)23)19-10(9(13)11(14)18-19)12(20)17-8-3-2-6(15)4-7(8)16/h2-5H,1H3,(H,17,20)(H2,21,22,23). The molecule has 3 N–H and O–H groups in total. The van der Waals surface area contributed by atoms with Gasteiger partial charge in [-0.2, -0.15) is 5.10 Å². The summed E-state index contributed by atoms with van der Waals surface area (Å²) in [4.78, 5) is 30.0. The average Bonchev–Trinajstić information content (AvgIpc) is 2.76. The maximum atomic E-state index is 13.6. The van der Waals surface area contributed by atoms with Crippen LogP contribution in [-0.4, -0.2) is 25.5 Å². The zero-order valence-corrected chi connectivity index (χ0v) is 14.7. The van der Waals surface area contributed by atoms with E-state index in [0.717, 1.165) is 16.8 Å². The molecule has 1 atom stereocenters. The number of rotatable bonds is 5. The first-order chi connectivity index (χ1) is 11.5. The lowest BCUT2D eigenvalue weighted by atomic mass is 10.3. The number of hydrogen-bond acceptors (Lipinski definition) is 4. The Labute approximate surface area is 149 Å². The Hall–Kier alpha value is -1.55. The zero-order valence-electron chi connectivity index (χ0n) is 12.3. The highest BCUT2D eigenvalue weighted by Crippen LogP contribution is 2.41. The van der Waals surface area contributed by atoms with Gasteiger partial charge in [0.05, 0.1) is 5.69 Å². The molecule has 2 aromatic rings. The first-order valence-corrected chi connectivity index (χ1v) is 8.72. The van der Waals surface area contributed by atoms with Crippen LogP contribution < -0.4 is 5.32 Å². The van der Waals surface area contributed by atoms with Crippen LogP contribution in [0.1, 0.15) is 23.6 Å². The van der Waals surface area contributed by atoms with Crippen LogP contribution in [0.4, 0.5) is 14.5 Å². The summed E-state index contributed by atoms with van der Waals surface area (Å²) >= 11 is 11.6. The van der Waals surface area contributed by atoms with Crippen molar-refractivity contribution in [3.8, 4) is 0 Å². The van der Waals surface area contributed by atoms with Crippen LogP contribution in [0.3, 0.4) is 0 Å². The molecule has 1 amide bonds. The second-order valence-electron chi connectivity index (χ2n) is 4.67. The van der Waals surface area contributed by atoms with E-state index in [9.17, 15) is 18.1 Å². The first kappa shape index (κ1) is 19.8. The van der Waals surface area contributed by atoms with Crippen LogP contribution in [0.25, 0.3) is 0 Å². The van der Waals surface area contributed by atoms with Crippen molar-refractivity contribution in [3.63, 3.8) is 0 Å². The number of amides is 1. The predicted octanol–water partition coefficient (Wildman–Crippen LogP) is 3.35. The molecule has 0 bridgehead atoms. The Balaban J connectivity index is 2.37. The lowest BCUT2D eigenvalue weighted by molar-refractivity contribution is 0.0804. The third kappa shape index (κ3) is 4.75. The molecule has 0 fully saturated rings. The fourth-order valence-electron chi connectivity index (χ4n) is 1.87. The second kappa shape index (κ2) is 7.36. The number of carbonyl (C=O) groups is 1. The van der Waals surface area contributed by atoms with Gasteiger partial charge in [-0.05, 0) is 19.1 Å². The molecule has 8 nitrogen and oxygen atoms in total. The van der Waals surface area contributed by atoms with E-state index in [2.05, 4.69) is 14.9 Å². The van der Waals surface area contributed by atoms with Crippen molar-refractivity contribution in [1.82, 2.24) is 9.78 Å². The molecule has 0 saturated carbocycles. The molecule has 13 heteroatoms. The van der Waals surface area contributed by atoms with Gasteiger partial charge in [0.2, 0.25) is 0 Å². The van der Waals surface area contributed by atoms with Crippen LogP contribution in [0.5, 0.6) is 0 Å². The fraction of sp³-hybridized carbons (Fsp3) is 0.167. The van der Waals surface area contributed by atoms with Crippen molar-refractivity contribution in [3.05, 3.63) is 45.7 Å². The van der Waals surface area contributed by atoms with E-state index in [1.54, 1.807) is 0 Å². The molecule has 0 aliphatic heterocycles. The molecule has 25 heavy (non-hydrogen) atoms. The van der Waals surface area contributed by atoms with E-state index in [-0.39, 0.29) is 15.9 Å². The lowest BCUT2D eigenvalue weighted by Crippen LogP contribution is -2.21. The number of nitrogens with zero attached hydrogens (tertiary/aromatic N) is 2. The van der Waals surface area contributed by atoms with Gasteiger partial charge in [-0.25, -0.2) is 18.0 Å². The van der Waals surface area contributed by atoms with Gasteiger partial charge in [0.15, 0.2) is 11.4 Å². The van der Waals surface area contributed by atoms with E-state index in [4.69, 9.17) is 33.0 Å². The molecule has 2 rings (SSSR count). The Kier molecular flexibility index (Phi) is 5.82. The van der Waals surface area contributed by atoms with E-state index in [1.807, 2.05) is 0 Å². The number of aromatic nitrogens is 2.